The van der Waals surface area contributed by atoms with E-state index in [4.69, 9.17) is 4.52 Å². The molecule has 1 fully saturated rings. The van der Waals surface area contributed by atoms with E-state index in [1.165, 1.54) is 0 Å². The lowest BCUT2D eigenvalue weighted by Crippen LogP contribution is -2.42. The van der Waals surface area contributed by atoms with Gasteiger partial charge in [-0.05, 0) is 49.1 Å². The van der Waals surface area contributed by atoms with Crippen LogP contribution >= 0.6 is 0 Å². The highest BCUT2D eigenvalue weighted by molar-refractivity contribution is 6.20. The molecule has 1 aliphatic heterocycles. The van der Waals surface area contributed by atoms with Crippen LogP contribution in [0.4, 0.5) is 5.69 Å². The molecule has 0 bridgehead atoms. The molecule has 1 atom stereocenters. The van der Waals surface area contributed by atoms with Crippen molar-refractivity contribution in [1.82, 2.24) is 15.1 Å². The van der Waals surface area contributed by atoms with Crippen molar-refractivity contribution < 1.29 is 19.2 Å². The molecule has 1 saturated carbocycles. The Labute approximate surface area is 184 Å². The van der Waals surface area contributed by atoms with Crippen LogP contribution in [0.25, 0.3) is 11.4 Å². The summed E-state index contributed by atoms with van der Waals surface area (Å²) in [6.45, 7) is 1.72. The first-order valence-corrected chi connectivity index (χ1v) is 10.9. The van der Waals surface area contributed by atoms with Crippen LogP contribution in [0.2, 0.25) is 0 Å². The molecule has 2 aliphatic rings. The first-order chi connectivity index (χ1) is 15.5. The maximum Gasteiger partial charge on any atom is 0.294 e. The van der Waals surface area contributed by atoms with Gasteiger partial charge in [0.2, 0.25) is 11.7 Å². The van der Waals surface area contributed by atoms with E-state index in [-0.39, 0.29) is 17.3 Å². The average molecular weight is 432 g/mol. The van der Waals surface area contributed by atoms with E-state index < -0.39 is 17.7 Å². The molecule has 3 aromatic rings. The molecule has 8 nitrogen and oxygen atoms in total. The van der Waals surface area contributed by atoms with E-state index in [0.717, 1.165) is 37.7 Å². The number of Topliss-reactive ketones (excluding diaryl/α,β-unsaturated/α-hetero) is 1. The topological polar surface area (TPSA) is 112 Å². The number of benzene rings is 1. The molecule has 0 spiro atoms. The molecular weight excluding hydrogens is 408 g/mol. The fourth-order valence-corrected chi connectivity index (χ4v) is 4.85. The van der Waals surface area contributed by atoms with Crippen LogP contribution in [0.15, 0.2) is 58.6 Å². The minimum atomic E-state index is -0.539. The van der Waals surface area contributed by atoms with Crippen LogP contribution in [0.5, 0.6) is 0 Å². The highest BCUT2D eigenvalue weighted by Gasteiger charge is 2.47. The summed E-state index contributed by atoms with van der Waals surface area (Å²) in [5.41, 5.74) is 2.01. The third-order valence-electron chi connectivity index (χ3n) is 6.38. The number of hydrogen-bond acceptors (Lipinski definition) is 6. The Morgan fingerprint density at radius 3 is 2.53 bits per heavy atom. The van der Waals surface area contributed by atoms with Crippen molar-refractivity contribution in [2.24, 2.45) is 5.92 Å². The lowest BCUT2D eigenvalue weighted by molar-refractivity contribution is -0.117. The van der Waals surface area contributed by atoms with Gasteiger partial charge >= 0.3 is 0 Å². The molecular formula is C24H24N4O4. The van der Waals surface area contributed by atoms with Gasteiger partial charge in [-0.1, -0.05) is 24.4 Å². The maximum absolute atomic E-state index is 13.3. The number of aromatic amines is 1. The van der Waals surface area contributed by atoms with Crippen LogP contribution in [0.3, 0.4) is 0 Å². The van der Waals surface area contributed by atoms with Crippen LogP contribution < -0.4 is 4.90 Å². The zero-order valence-corrected chi connectivity index (χ0v) is 17.7. The summed E-state index contributed by atoms with van der Waals surface area (Å²) >= 11 is 0. The third kappa shape index (κ3) is 3.41. The number of hydrogen-bond donors (Lipinski definition) is 2. The molecule has 8 heteroatoms. The van der Waals surface area contributed by atoms with E-state index >= 15 is 0 Å². The van der Waals surface area contributed by atoms with Crippen LogP contribution in [0, 0.1) is 12.8 Å². The molecule has 1 aromatic carbocycles. The summed E-state index contributed by atoms with van der Waals surface area (Å²) in [5, 5.41) is 14.7. The average Bonchev–Trinajstić information content (AvgIpc) is 3.55. The number of nitrogens with zero attached hydrogens (tertiary/aromatic N) is 3. The second-order valence-corrected chi connectivity index (χ2v) is 8.39. The molecule has 1 amide bonds. The van der Waals surface area contributed by atoms with E-state index in [0.29, 0.717) is 23.0 Å². The van der Waals surface area contributed by atoms with Crippen molar-refractivity contribution in [3.05, 3.63) is 65.5 Å². The smallest absolute Gasteiger partial charge is 0.294 e. The number of aromatic nitrogens is 3. The van der Waals surface area contributed by atoms with Gasteiger partial charge in [0.05, 0.1) is 11.6 Å². The number of anilines is 1. The monoisotopic (exact) mass is 432 g/mol. The largest absolute Gasteiger partial charge is 0.503 e. The number of nitrogens with one attached hydrogen (secondary N) is 1. The normalized spacial score (nSPS) is 19.7. The van der Waals surface area contributed by atoms with Crippen LogP contribution in [0.1, 0.15) is 48.4 Å². The summed E-state index contributed by atoms with van der Waals surface area (Å²) in [4.78, 5) is 35.2. The van der Waals surface area contributed by atoms with Crippen molar-refractivity contribution in [3.63, 3.8) is 0 Å². The summed E-state index contributed by atoms with van der Waals surface area (Å²) in [6.07, 6.45) is 8.31. The number of aliphatic hydroxyl groups is 1. The van der Waals surface area contributed by atoms with Gasteiger partial charge in [0.15, 0.2) is 11.5 Å². The highest BCUT2D eigenvalue weighted by atomic mass is 16.5. The van der Waals surface area contributed by atoms with Gasteiger partial charge < -0.3 is 14.6 Å². The number of H-pyrrole nitrogens is 1. The summed E-state index contributed by atoms with van der Waals surface area (Å²) in [6, 6.07) is 8.39. The van der Waals surface area contributed by atoms with Crippen LogP contribution in [-0.2, 0) is 4.79 Å². The fraction of sp³-hybridized carbons (Fsp3) is 0.333. The molecule has 1 aliphatic carbocycles. The SMILES string of the molecule is Cc1nc(-c2ccc(N3C(=O)C(O)=C(C(=O)c4cc[nH]c4)C3C3CCCCC3)cc2)no1. The molecule has 32 heavy (non-hydrogen) atoms. The maximum atomic E-state index is 13.3. The lowest BCUT2D eigenvalue weighted by atomic mass is 9.79. The summed E-state index contributed by atoms with van der Waals surface area (Å²) in [7, 11) is 0. The Balaban J connectivity index is 1.53. The van der Waals surface area contributed by atoms with Crippen molar-refractivity contribution >= 4 is 17.4 Å². The summed E-state index contributed by atoms with van der Waals surface area (Å²) in [5.74, 6) is -0.260. The van der Waals surface area contributed by atoms with E-state index in [9.17, 15) is 14.7 Å². The second-order valence-electron chi connectivity index (χ2n) is 8.39. The molecule has 164 valence electrons. The molecule has 2 aromatic heterocycles. The minimum absolute atomic E-state index is 0.106. The standard InChI is InChI=1S/C24H24N4O4/c1-14-26-23(27-32-14)16-7-9-18(10-8-16)28-20(15-5-3-2-4-6-15)19(22(30)24(28)31)21(29)17-11-12-25-13-17/h7-13,15,20,25,30H,2-6H2,1H3. The Bertz CT molecular complexity index is 1170. The molecule has 3 heterocycles. The van der Waals surface area contributed by atoms with Crippen molar-refractivity contribution in [2.45, 2.75) is 45.1 Å². The number of aryl methyl sites for hydroxylation is 1. The Kier molecular flexibility index (Phi) is 5.13. The van der Waals surface area contributed by atoms with Crippen molar-refractivity contribution in [1.29, 1.82) is 0 Å². The lowest BCUT2D eigenvalue weighted by Gasteiger charge is -2.35. The highest BCUT2D eigenvalue weighted by Crippen LogP contribution is 2.41. The second kappa shape index (κ2) is 8.11. The fourth-order valence-electron chi connectivity index (χ4n) is 4.85. The van der Waals surface area contributed by atoms with E-state index in [1.807, 2.05) is 12.1 Å². The van der Waals surface area contributed by atoms with Gasteiger partial charge in [-0.25, -0.2) is 0 Å². The van der Waals surface area contributed by atoms with E-state index in [2.05, 4.69) is 15.1 Å². The van der Waals surface area contributed by atoms with Gasteiger partial charge in [-0.15, -0.1) is 0 Å². The quantitative estimate of drug-likeness (QED) is 0.579. The molecule has 2 N–H and O–H groups in total. The summed E-state index contributed by atoms with van der Waals surface area (Å²) < 4.78 is 5.05. The number of amides is 1. The minimum Gasteiger partial charge on any atom is -0.503 e. The van der Waals surface area contributed by atoms with Crippen molar-refractivity contribution in [2.75, 3.05) is 4.90 Å². The Morgan fingerprint density at radius 1 is 1.16 bits per heavy atom. The molecule has 0 saturated heterocycles. The zero-order valence-electron chi connectivity index (χ0n) is 17.7. The Hall–Kier alpha value is -3.68. The number of carbonyl (C=O) groups is 2. The first kappa shape index (κ1) is 20.2. The van der Waals surface area contributed by atoms with Gasteiger partial charge in [0, 0.05) is 36.1 Å². The van der Waals surface area contributed by atoms with Crippen LogP contribution in [-0.4, -0.2) is 38.0 Å². The molecule has 5 rings (SSSR count). The number of carbonyl (C=O) groups excluding carboxylic acids is 2. The zero-order chi connectivity index (χ0) is 22.2. The van der Waals surface area contributed by atoms with Gasteiger partial charge in [-0.2, -0.15) is 4.98 Å². The van der Waals surface area contributed by atoms with Gasteiger partial charge in [0.1, 0.15) is 0 Å². The predicted octanol–water partition coefficient (Wildman–Crippen LogP) is 4.36. The van der Waals surface area contributed by atoms with E-state index in [1.54, 1.807) is 42.4 Å². The molecule has 0 radical (unpaired) electrons. The van der Waals surface area contributed by atoms with Crippen molar-refractivity contribution in [3.8, 4) is 11.4 Å². The Morgan fingerprint density at radius 2 is 1.91 bits per heavy atom. The van der Waals surface area contributed by atoms with Gasteiger partial charge in [0.25, 0.3) is 5.91 Å². The third-order valence-corrected chi connectivity index (χ3v) is 6.38. The van der Waals surface area contributed by atoms with Gasteiger partial charge in [-0.3, -0.25) is 14.5 Å². The predicted molar refractivity (Wildman–Crippen MR) is 117 cm³/mol. The number of aliphatic hydroxyl groups excluding tert-OH is 1. The number of ketones is 1. The molecule has 1 unspecified atom stereocenters. The first-order valence-electron chi connectivity index (χ1n) is 10.9. The number of rotatable bonds is 5.